The van der Waals surface area contributed by atoms with E-state index in [9.17, 15) is 4.79 Å². The molecule has 17 heavy (non-hydrogen) atoms. The summed E-state index contributed by atoms with van der Waals surface area (Å²) in [7, 11) is 0. The molecule has 4 heteroatoms. The lowest BCUT2D eigenvalue weighted by atomic mass is 9.85. The number of nitrogens with one attached hydrogen (secondary N) is 1. The van der Waals surface area contributed by atoms with Crippen LogP contribution in [0.5, 0.6) is 0 Å². The van der Waals surface area contributed by atoms with E-state index in [2.05, 4.69) is 5.32 Å². The van der Waals surface area contributed by atoms with Crippen molar-refractivity contribution in [1.82, 2.24) is 5.32 Å². The van der Waals surface area contributed by atoms with Gasteiger partial charge in [0.05, 0.1) is 15.6 Å². The van der Waals surface area contributed by atoms with Gasteiger partial charge in [-0.2, -0.15) is 0 Å². The fraction of sp³-hybridized carbons (Fsp3) is 0.462. The summed E-state index contributed by atoms with van der Waals surface area (Å²) in [5.74, 6) is 0.0602. The largest absolute Gasteiger partial charge is 0.305 e. The quantitative estimate of drug-likeness (QED) is 0.850. The molecule has 2 rings (SSSR count). The summed E-state index contributed by atoms with van der Waals surface area (Å²) in [5.41, 5.74) is 0.0735. The molecule has 0 spiro atoms. The van der Waals surface area contributed by atoms with Crippen LogP contribution in [-0.4, -0.2) is 17.9 Å². The molecule has 92 valence electrons. The van der Waals surface area contributed by atoms with Gasteiger partial charge in [-0.25, -0.2) is 0 Å². The van der Waals surface area contributed by atoms with Crippen molar-refractivity contribution in [2.75, 3.05) is 6.54 Å². The van der Waals surface area contributed by atoms with Crippen LogP contribution in [0.1, 0.15) is 36.5 Å². The van der Waals surface area contributed by atoms with Crippen molar-refractivity contribution in [2.45, 2.75) is 31.7 Å². The fourth-order valence-electron chi connectivity index (χ4n) is 2.40. The standard InChI is InChI=1S/C13H15Cl2NO/c1-2-13(7-4-8-16-13)12(17)9-5-3-6-10(14)11(9)15/h3,5-6,16H,2,4,7-8H2,1H3. The molecule has 0 saturated carbocycles. The third-order valence-corrected chi connectivity index (χ3v) is 4.30. The molecule has 1 heterocycles. The second kappa shape index (κ2) is 4.97. The number of carbonyl (C=O) groups excluding carboxylic acids is 1. The number of benzene rings is 1. The summed E-state index contributed by atoms with van der Waals surface area (Å²) in [4.78, 5) is 12.6. The van der Waals surface area contributed by atoms with Crippen molar-refractivity contribution >= 4 is 29.0 Å². The lowest BCUT2D eigenvalue weighted by molar-refractivity contribution is 0.0864. The summed E-state index contributed by atoms with van der Waals surface area (Å²) < 4.78 is 0. The van der Waals surface area contributed by atoms with Crippen LogP contribution in [0, 0.1) is 0 Å². The zero-order valence-corrected chi connectivity index (χ0v) is 11.2. The van der Waals surface area contributed by atoms with Gasteiger partial charge in [0.25, 0.3) is 0 Å². The molecule has 1 aliphatic heterocycles. The predicted octanol–water partition coefficient (Wildman–Crippen LogP) is 3.71. The van der Waals surface area contributed by atoms with Gasteiger partial charge in [0.15, 0.2) is 5.78 Å². The van der Waals surface area contributed by atoms with Crippen LogP contribution in [0.2, 0.25) is 10.0 Å². The maximum absolute atomic E-state index is 12.6. The first kappa shape index (κ1) is 12.9. The van der Waals surface area contributed by atoms with Crippen molar-refractivity contribution in [1.29, 1.82) is 0 Å². The highest BCUT2D eigenvalue weighted by Crippen LogP contribution is 2.32. The molecule has 2 nitrogen and oxygen atoms in total. The van der Waals surface area contributed by atoms with Gasteiger partial charge in [0.1, 0.15) is 0 Å². The molecular formula is C13H15Cl2NO. The summed E-state index contributed by atoms with van der Waals surface area (Å²) in [6, 6.07) is 5.20. The molecule has 1 N–H and O–H groups in total. The van der Waals surface area contributed by atoms with E-state index < -0.39 is 5.54 Å². The minimum atomic E-state index is -0.450. The summed E-state index contributed by atoms with van der Waals surface area (Å²) >= 11 is 12.1. The van der Waals surface area contributed by atoms with E-state index in [-0.39, 0.29) is 5.78 Å². The Hall–Kier alpha value is -0.570. The molecule has 0 amide bonds. The highest BCUT2D eigenvalue weighted by atomic mass is 35.5. The second-order valence-corrected chi connectivity index (χ2v) is 5.18. The third-order valence-electron chi connectivity index (χ3n) is 3.48. The van der Waals surface area contributed by atoms with Gasteiger partial charge in [-0.05, 0) is 37.9 Å². The lowest BCUT2D eigenvalue weighted by Gasteiger charge is -2.27. The lowest BCUT2D eigenvalue weighted by Crippen LogP contribution is -2.47. The van der Waals surface area contributed by atoms with E-state index in [0.717, 1.165) is 25.8 Å². The van der Waals surface area contributed by atoms with Crippen molar-refractivity contribution in [3.05, 3.63) is 33.8 Å². The smallest absolute Gasteiger partial charge is 0.184 e. The van der Waals surface area contributed by atoms with Crippen LogP contribution >= 0.6 is 23.2 Å². The molecule has 1 unspecified atom stereocenters. The first-order valence-electron chi connectivity index (χ1n) is 5.84. The second-order valence-electron chi connectivity index (χ2n) is 4.40. The first-order valence-corrected chi connectivity index (χ1v) is 6.60. The topological polar surface area (TPSA) is 29.1 Å². The van der Waals surface area contributed by atoms with E-state index in [1.54, 1.807) is 18.2 Å². The highest BCUT2D eigenvalue weighted by molar-refractivity contribution is 6.44. The number of carbonyl (C=O) groups is 1. The predicted molar refractivity (Wildman–Crippen MR) is 71.1 cm³/mol. The molecule has 1 aliphatic rings. The first-order chi connectivity index (χ1) is 8.10. The minimum absolute atomic E-state index is 0.0602. The maximum Gasteiger partial charge on any atom is 0.184 e. The number of rotatable bonds is 3. The Balaban J connectivity index is 2.39. The summed E-state index contributed by atoms with van der Waals surface area (Å²) in [6.45, 7) is 2.91. The summed E-state index contributed by atoms with van der Waals surface area (Å²) in [6.07, 6.45) is 2.66. The molecular weight excluding hydrogens is 257 g/mol. The molecule has 1 fully saturated rings. The van der Waals surface area contributed by atoms with Crippen LogP contribution in [0.25, 0.3) is 0 Å². The summed E-state index contributed by atoms with van der Waals surface area (Å²) in [5, 5.41) is 4.11. The zero-order chi connectivity index (χ0) is 12.5. The molecule has 0 aromatic heterocycles. The van der Waals surface area contributed by atoms with Gasteiger partial charge in [0, 0.05) is 5.56 Å². The van der Waals surface area contributed by atoms with Crippen LogP contribution in [-0.2, 0) is 0 Å². The number of hydrogen-bond acceptors (Lipinski definition) is 2. The Morgan fingerprint density at radius 2 is 2.24 bits per heavy atom. The number of hydrogen-bond donors (Lipinski definition) is 1. The Morgan fingerprint density at radius 1 is 1.47 bits per heavy atom. The zero-order valence-electron chi connectivity index (χ0n) is 9.72. The monoisotopic (exact) mass is 271 g/mol. The Labute approximate surface area is 111 Å². The molecule has 0 radical (unpaired) electrons. The Kier molecular flexibility index (Phi) is 3.76. The SMILES string of the molecule is CCC1(C(=O)c2cccc(Cl)c2Cl)CCCN1. The average molecular weight is 272 g/mol. The van der Waals surface area contributed by atoms with Gasteiger partial charge >= 0.3 is 0 Å². The van der Waals surface area contributed by atoms with Crippen LogP contribution in [0.15, 0.2) is 18.2 Å². The Morgan fingerprint density at radius 3 is 2.82 bits per heavy atom. The highest BCUT2D eigenvalue weighted by Gasteiger charge is 2.40. The van der Waals surface area contributed by atoms with Crippen molar-refractivity contribution < 1.29 is 4.79 Å². The van der Waals surface area contributed by atoms with Gasteiger partial charge in [-0.15, -0.1) is 0 Å². The molecule has 1 aromatic carbocycles. The van der Waals surface area contributed by atoms with Gasteiger partial charge in [-0.3, -0.25) is 4.79 Å². The van der Waals surface area contributed by atoms with Crippen molar-refractivity contribution in [2.24, 2.45) is 0 Å². The molecule has 1 saturated heterocycles. The van der Waals surface area contributed by atoms with Gasteiger partial charge in [0.2, 0.25) is 0 Å². The normalized spacial score (nSPS) is 23.9. The third kappa shape index (κ3) is 2.22. The fourth-order valence-corrected chi connectivity index (χ4v) is 2.79. The number of Topliss-reactive ketones (excluding diaryl/α,β-unsaturated/α-hetero) is 1. The van der Waals surface area contributed by atoms with Crippen molar-refractivity contribution in [3.63, 3.8) is 0 Å². The van der Waals surface area contributed by atoms with Crippen molar-refractivity contribution in [3.8, 4) is 0 Å². The maximum atomic E-state index is 12.6. The Bertz CT molecular complexity index is 439. The van der Waals surface area contributed by atoms with Gasteiger partial charge < -0.3 is 5.32 Å². The molecule has 1 aromatic rings. The average Bonchev–Trinajstić information content (AvgIpc) is 2.82. The van der Waals surface area contributed by atoms with E-state index in [1.165, 1.54) is 0 Å². The number of ketones is 1. The van der Waals surface area contributed by atoms with E-state index >= 15 is 0 Å². The van der Waals surface area contributed by atoms with Crippen LogP contribution in [0.4, 0.5) is 0 Å². The van der Waals surface area contributed by atoms with E-state index in [4.69, 9.17) is 23.2 Å². The van der Waals surface area contributed by atoms with Crippen LogP contribution < -0.4 is 5.32 Å². The molecule has 0 aliphatic carbocycles. The molecule has 1 atom stereocenters. The minimum Gasteiger partial charge on any atom is -0.305 e. The molecule has 0 bridgehead atoms. The van der Waals surface area contributed by atoms with Crippen LogP contribution in [0.3, 0.4) is 0 Å². The van der Waals surface area contributed by atoms with E-state index in [0.29, 0.717) is 15.6 Å². The number of halogens is 2. The van der Waals surface area contributed by atoms with E-state index in [1.807, 2.05) is 6.92 Å². The van der Waals surface area contributed by atoms with Gasteiger partial charge in [-0.1, -0.05) is 36.2 Å².